The number of hydrogen-bond donors (Lipinski definition) is 2. The van der Waals surface area contributed by atoms with Crippen LogP contribution in [-0.4, -0.2) is 31.6 Å². The summed E-state index contributed by atoms with van der Waals surface area (Å²) in [5.74, 6) is -0.232. The molecule has 5 nitrogen and oxygen atoms in total. The first kappa shape index (κ1) is 16.3. The van der Waals surface area contributed by atoms with Crippen LogP contribution in [-0.2, 0) is 9.53 Å². The SMILES string of the molecule is CNc1ccccc1C(=O)OCC(=O)N[C@@H]1CCCC[C@H]1C. The molecule has 0 aromatic heterocycles. The molecule has 2 rings (SSSR count). The number of benzene rings is 1. The van der Waals surface area contributed by atoms with Crippen molar-refractivity contribution in [2.75, 3.05) is 19.0 Å². The molecule has 2 atom stereocenters. The van der Waals surface area contributed by atoms with Crippen molar-refractivity contribution >= 4 is 17.6 Å². The first-order valence-electron chi connectivity index (χ1n) is 7.85. The number of esters is 1. The second kappa shape index (κ2) is 7.82. The van der Waals surface area contributed by atoms with Gasteiger partial charge in [0.2, 0.25) is 0 Å². The van der Waals surface area contributed by atoms with Gasteiger partial charge < -0.3 is 15.4 Å². The van der Waals surface area contributed by atoms with E-state index in [1.807, 2.05) is 6.07 Å². The summed E-state index contributed by atoms with van der Waals surface area (Å²) in [6.07, 6.45) is 4.51. The fraction of sp³-hybridized carbons (Fsp3) is 0.529. The van der Waals surface area contributed by atoms with Crippen LogP contribution >= 0.6 is 0 Å². The zero-order valence-corrected chi connectivity index (χ0v) is 13.2. The monoisotopic (exact) mass is 304 g/mol. The molecule has 1 aliphatic rings. The second-order valence-corrected chi connectivity index (χ2v) is 5.81. The van der Waals surface area contributed by atoms with E-state index in [4.69, 9.17) is 4.74 Å². The van der Waals surface area contributed by atoms with Gasteiger partial charge in [-0.15, -0.1) is 0 Å². The van der Waals surface area contributed by atoms with Gasteiger partial charge in [0, 0.05) is 18.8 Å². The fourth-order valence-corrected chi connectivity index (χ4v) is 2.87. The van der Waals surface area contributed by atoms with Gasteiger partial charge in [-0.1, -0.05) is 31.9 Å². The van der Waals surface area contributed by atoms with Crippen molar-refractivity contribution in [3.05, 3.63) is 29.8 Å². The molecule has 22 heavy (non-hydrogen) atoms. The molecule has 0 bridgehead atoms. The van der Waals surface area contributed by atoms with E-state index in [1.54, 1.807) is 25.2 Å². The van der Waals surface area contributed by atoms with Crippen LogP contribution in [0, 0.1) is 5.92 Å². The van der Waals surface area contributed by atoms with Gasteiger partial charge in [0.05, 0.1) is 5.56 Å². The molecular formula is C17H24N2O3. The zero-order chi connectivity index (χ0) is 15.9. The Labute approximate surface area is 131 Å². The van der Waals surface area contributed by atoms with Gasteiger partial charge in [0.15, 0.2) is 6.61 Å². The summed E-state index contributed by atoms with van der Waals surface area (Å²) >= 11 is 0. The summed E-state index contributed by atoms with van der Waals surface area (Å²) < 4.78 is 5.12. The molecule has 0 heterocycles. The first-order chi connectivity index (χ1) is 10.6. The lowest BCUT2D eigenvalue weighted by molar-refractivity contribution is -0.125. The van der Waals surface area contributed by atoms with Crippen LogP contribution in [0.3, 0.4) is 0 Å². The normalized spacial score (nSPS) is 21.0. The summed E-state index contributed by atoms with van der Waals surface area (Å²) in [5, 5.41) is 5.91. The predicted molar refractivity (Wildman–Crippen MR) is 85.8 cm³/mol. The van der Waals surface area contributed by atoms with Gasteiger partial charge in [0.1, 0.15) is 0 Å². The van der Waals surface area contributed by atoms with Crippen LogP contribution in [0.25, 0.3) is 0 Å². The molecule has 1 aromatic carbocycles. The van der Waals surface area contributed by atoms with Crippen LogP contribution < -0.4 is 10.6 Å². The van der Waals surface area contributed by atoms with Crippen molar-refractivity contribution in [2.24, 2.45) is 5.92 Å². The quantitative estimate of drug-likeness (QED) is 0.821. The average Bonchev–Trinajstić information content (AvgIpc) is 2.54. The fourth-order valence-electron chi connectivity index (χ4n) is 2.87. The maximum Gasteiger partial charge on any atom is 0.340 e. The minimum absolute atomic E-state index is 0.199. The van der Waals surface area contributed by atoms with Crippen LogP contribution in [0.5, 0.6) is 0 Å². The van der Waals surface area contributed by atoms with E-state index in [1.165, 1.54) is 6.42 Å². The standard InChI is InChI=1S/C17H24N2O3/c1-12-7-3-5-9-14(12)19-16(20)11-22-17(21)13-8-4-6-10-15(13)18-2/h4,6,8,10,12,14,18H,3,5,7,9,11H2,1-2H3,(H,19,20)/t12-,14-/m1/s1. The van der Waals surface area contributed by atoms with E-state index < -0.39 is 5.97 Å². The van der Waals surface area contributed by atoms with Crippen LogP contribution in [0.15, 0.2) is 24.3 Å². The van der Waals surface area contributed by atoms with Gasteiger partial charge in [-0.3, -0.25) is 4.79 Å². The number of anilines is 1. The largest absolute Gasteiger partial charge is 0.452 e. The maximum atomic E-state index is 12.0. The number of ether oxygens (including phenoxy) is 1. The van der Waals surface area contributed by atoms with Crippen LogP contribution in [0.4, 0.5) is 5.69 Å². The number of para-hydroxylation sites is 1. The number of rotatable bonds is 5. The van der Waals surface area contributed by atoms with Gasteiger partial charge >= 0.3 is 5.97 Å². The Hall–Kier alpha value is -2.04. The van der Waals surface area contributed by atoms with Crippen molar-refractivity contribution in [2.45, 2.75) is 38.6 Å². The molecule has 1 fully saturated rings. The topological polar surface area (TPSA) is 67.4 Å². The summed E-state index contributed by atoms with van der Waals surface area (Å²) in [7, 11) is 1.74. The molecule has 0 saturated heterocycles. The first-order valence-corrected chi connectivity index (χ1v) is 7.85. The highest BCUT2D eigenvalue weighted by molar-refractivity contribution is 5.96. The lowest BCUT2D eigenvalue weighted by Gasteiger charge is -2.29. The van der Waals surface area contributed by atoms with Gasteiger partial charge in [-0.25, -0.2) is 4.79 Å². The average molecular weight is 304 g/mol. The predicted octanol–water partition coefficient (Wildman–Crippen LogP) is 2.58. The van der Waals surface area contributed by atoms with E-state index in [-0.39, 0.29) is 18.6 Å². The molecule has 2 N–H and O–H groups in total. The Kier molecular flexibility index (Phi) is 5.81. The third kappa shape index (κ3) is 4.23. The molecule has 0 radical (unpaired) electrons. The Morgan fingerprint density at radius 1 is 1.23 bits per heavy atom. The summed E-state index contributed by atoms with van der Waals surface area (Å²) in [6.45, 7) is 1.92. The molecule has 1 saturated carbocycles. The highest BCUT2D eigenvalue weighted by Gasteiger charge is 2.23. The van der Waals surface area contributed by atoms with Gasteiger partial charge in [0.25, 0.3) is 5.91 Å². The molecule has 0 spiro atoms. The van der Waals surface area contributed by atoms with E-state index in [2.05, 4.69) is 17.6 Å². The van der Waals surface area contributed by atoms with Crippen LogP contribution in [0.1, 0.15) is 43.0 Å². The van der Waals surface area contributed by atoms with Crippen molar-refractivity contribution < 1.29 is 14.3 Å². The smallest absolute Gasteiger partial charge is 0.340 e. The number of nitrogens with one attached hydrogen (secondary N) is 2. The number of amides is 1. The minimum atomic E-state index is -0.489. The van der Waals surface area contributed by atoms with Crippen molar-refractivity contribution in [3.63, 3.8) is 0 Å². The molecule has 0 aliphatic heterocycles. The third-order valence-corrected chi connectivity index (χ3v) is 4.21. The Morgan fingerprint density at radius 3 is 2.68 bits per heavy atom. The Balaban J connectivity index is 1.84. The number of carbonyl (C=O) groups excluding carboxylic acids is 2. The second-order valence-electron chi connectivity index (χ2n) is 5.81. The van der Waals surface area contributed by atoms with E-state index >= 15 is 0 Å². The van der Waals surface area contributed by atoms with E-state index in [0.717, 1.165) is 19.3 Å². The maximum absolute atomic E-state index is 12.0. The highest BCUT2D eigenvalue weighted by Crippen LogP contribution is 2.23. The lowest BCUT2D eigenvalue weighted by atomic mass is 9.86. The van der Waals surface area contributed by atoms with Crippen molar-refractivity contribution in [1.82, 2.24) is 5.32 Å². The Morgan fingerprint density at radius 2 is 1.95 bits per heavy atom. The van der Waals surface area contributed by atoms with Crippen molar-refractivity contribution in [3.8, 4) is 0 Å². The molecule has 1 aliphatic carbocycles. The zero-order valence-electron chi connectivity index (χ0n) is 13.2. The van der Waals surface area contributed by atoms with Gasteiger partial charge in [-0.2, -0.15) is 0 Å². The van der Waals surface area contributed by atoms with Gasteiger partial charge in [-0.05, 0) is 30.9 Å². The molecule has 0 unspecified atom stereocenters. The van der Waals surface area contributed by atoms with E-state index in [9.17, 15) is 9.59 Å². The number of hydrogen-bond acceptors (Lipinski definition) is 4. The van der Waals surface area contributed by atoms with Crippen molar-refractivity contribution in [1.29, 1.82) is 0 Å². The highest BCUT2D eigenvalue weighted by atomic mass is 16.5. The molecule has 120 valence electrons. The minimum Gasteiger partial charge on any atom is -0.452 e. The molecule has 5 heteroatoms. The summed E-state index contributed by atoms with van der Waals surface area (Å²) in [6, 6.07) is 7.26. The molecule has 1 amide bonds. The lowest BCUT2D eigenvalue weighted by Crippen LogP contribution is -2.42. The summed E-state index contributed by atoms with van der Waals surface area (Å²) in [4.78, 5) is 24.0. The number of carbonyl (C=O) groups is 2. The van der Waals surface area contributed by atoms with E-state index in [0.29, 0.717) is 17.2 Å². The molecular weight excluding hydrogens is 280 g/mol. The molecule has 1 aromatic rings. The summed E-state index contributed by atoms with van der Waals surface area (Å²) in [5.41, 5.74) is 1.12. The third-order valence-electron chi connectivity index (χ3n) is 4.21. The Bertz CT molecular complexity index is 530. The van der Waals surface area contributed by atoms with Crippen LogP contribution in [0.2, 0.25) is 0 Å².